The normalized spacial score (nSPS) is 11.2. The van der Waals surface area contributed by atoms with Crippen molar-refractivity contribution in [3.63, 3.8) is 0 Å². The third kappa shape index (κ3) is 3.25. The Bertz CT molecular complexity index is 1230. The largest absolute Gasteiger partial charge is 0.507 e. The van der Waals surface area contributed by atoms with Gasteiger partial charge in [-0.15, -0.1) is 0 Å². The van der Waals surface area contributed by atoms with E-state index in [4.69, 9.17) is 4.74 Å². The van der Waals surface area contributed by atoms with Crippen molar-refractivity contribution >= 4 is 23.1 Å². The number of phenolic OH excluding ortho intramolecular Hbond substituents is 1. The molecule has 0 aliphatic rings. The zero-order valence-electron chi connectivity index (χ0n) is 15.2. The summed E-state index contributed by atoms with van der Waals surface area (Å²) in [6, 6.07) is 21.7. The Morgan fingerprint density at radius 2 is 1.71 bits per heavy atom. The molecule has 5 heteroatoms. The van der Waals surface area contributed by atoms with Crippen molar-refractivity contribution in [1.82, 2.24) is 9.55 Å². The second-order valence-electron chi connectivity index (χ2n) is 6.22. The number of rotatable bonds is 4. The molecule has 0 saturated carbocycles. The second kappa shape index (κ2) is 7.40. The van der Waals surface area contributed by atoms with Crippen LogP contribution >= 0.6 is 0 Å². The zero-order chi connectivity index (χ0) is 19.5. The molecule has 0 atom stereocenters. The highest BCUT2D eigenvalue weighted by Gasteiger charge is 2.11. The molecule has 1 aromatic heterocycles. The van der Waals surface area contributed by atoms with Crippen LogP contribution in [0.25, 0.3) is 28.7 Å². The molecular formula is C23H18N2O3. The average molecular weight is 370 g/mol. The fourth-order valence-corrected chi connectivity index (χ4v) is 3.04. The van der Waals surface area contributed by atoms with E-state index in [1.165, 1.54) is 6.07 Å². The van der Waals surface area contributed by atoms with Crippen LogP contribution in [0.4, 0.5) is 0 Å². The van der Waals surface area contributed by atoms with Crippen molar-refractivity contribution in [2.75, 3.05) is 7.11 Å². The topological polar surface area (TPSA) is 64.3 Å². The number of para-hydroxylation sites is 2. The lowest BCUT2D eigenvalue weighted by molar-refractivity contribution is 0.407. The van der Waals surface area contributed by atoms with Crippen molar-refractivity contribution in [3.05, 3.63) is 94.5 Å². The molecular weight excluding hydrogens is 352 g/mol. The summed E-state index contributed by atoms with van der Waals surface area (Å²) in [6.45, 7) is 0. The number of hydrogen-bond acceptors (Lipinski definition) is 4. The third-order valence-corrected chi connectivity index (χ3v) is 4.47. The molecule has 1 N–H and O–H groups in total. The van der Waals surface area contributed by atoms with Crippen molar-refractivity contribution in [2.24, 2.45) is 0 Å². The minimum Gasteiger partial charge on any atom is -0.507 e. The lowest BCUT2D eigenvalue weighted by Gasteiger charge is -2.11. The highest BCUT2D eigenvalue weighted by atomic mass is 16.5. The Morgan fingerprint density at radius 1 is 0.964 bits per heavy atom. The van der Waals surface area contributed by atoms with Crippen molar-refractivity contribution in [2.45, 2.75) is 0 Å². The lowest BCUT2D eigenvalue weighted by Crippen LogP contribution is -2.22. The molecule has 0 spiro atoms. The molecule has 138 valence electrons. The molecule has 4 rings (SSSR count). The highest BCUT2D eigenvalue weighted by Crippen LogP contribution is 2.25. The van der Waals surface area contributed by atoms with Crippen LogP contribution in [-0.2, 0) is 0 Å². The van der Waals surface area contributed by atoms with E-state index in [1.807, 2.05) is 48.5 Å². The summed E-state index contributed by atoms with van der Waals surface area (Å²) >= 11 is 0. The van der Waals surface area contributed by atoms with E-state index in [0.29, 0.717) is 28.0 Å². The van der Waals surface area contributed by atoms with Gasteiger partial charge in [0.2, 0.25) is 0 Å². The predicted octanol–water partition coefficient (Wildman–Crippen LogP) is 4.27. The van der Waals surface area contributed by atoms with E-state index in [2.05, 4.69) is 4.98 Å². The lowest BCUT2D eigenvalue weighted by atomic mass is 10.1. The fourth-order valence-electron chi connectivity index (χ4n) is 3.04. The Balaban J connectivity index is 1.89. The highest BCUT2D eigenvalue weighted by molar-refractivity contribution is 5.80. The number of ether oxygens (including phenoxy) is 1. The zero-order valence-corrected chi connectivity index (χ0v) is 15.2. The summed E-state index contributed by atoms with van der Waals surface area (Å²) < 4.78 is 6.68. The maximum atomic E-state index is 13.1. The first kappa shape index (κ1) is 17.5. The maximum Gasteiger partial charge on any atom is 0.266 e. The summed E-state index contributed by atoms with van der Waals surface area (Å²) in [5.74, 6) is 1.13. The molecule has 5 nitrogen and oxygen atoms in total. The third-order valence-electron chi connectivity index (χ3n) is 4.47. The Kier molecular flexibility index (Phi) is 4.64. The number of methoxy groups -OCH3 is 1. The van der Waals surface area contributed by atoms with Gasteiger partial charge in [-0.2, -0.15) is 0 Å². The number of phenols is 1. The first-order chi connectivity index (χ1) is 13.7. The van der Waals surface area contributed by atoms with Crippen molar-refractivity contribution < 1.29 is 9.84 Å². The summed E-state index contributed by atoms with van der Waals surface area (Å²) in [5.41, 5.74) is 1.81. The van der Waals surface area contributed by atoms with Crippen LogP contribution in [0.1, 0.15) is 11.4 Å². The molecule has 0 fully saturated rings. The summed E-state index contributed by atoms with van der Waals surface area (Å²) in [5, 5.41) is 10.7. The van der Waals surface area contributed by atoms with E-state index in [1.54, 1.807) is 42.0 Å². The van der Waals surface area contributed by atoms with E-state index >= 15 is 0 Å². The van der Waals surface area contributed by atoms with Gasteiger partial charge in [-0.1, -0.05) is 30.3 Å². The maximum absolute atomic E-state index is 13.1. The van der Waals surface area contributed by atoms with E-state index in [-0.39, 0.29) is 11.3 Å². The molecule has 0 unspecified atom stereocenters. The van der Waals surface area contributed by atoms with E-state index in [0.717, 1.165) is 5.69 Å². The minimum atomic E-state index is -0.143. The van der Waals surface area contributed by atoms with Crippen LogP contribution in [0.5, 0.6) is 11.5 Å². The van der Waals surface area contributed by atoms with Crippen LogP contribution in [0, 0.1) is 0 Å². The van der Waals surface area contributed by atoms with Gasteiger partial charge in [-0.3, -0.25) is 9.36 Å². The van der Waals surface area contributed by atoms with E-state index in [9.17, 15) is 9.90 Å². The molecule has 1 heterocycles. The minimum absolute atomic E-state index is 0.0880. The van der Waals surface area contributed by atoms with Crippen LogP contribution in [0.3, 0.4) is 0 Å². The molecule has 0 radical (unpaired) electrons. The van der Waals surface area contributed by atoms with Gasteiger partial charge in [0, 0.05) is 11.6 Å². The van der Waals surface area contributed by atoms with Crippen molar-refractivity contribution in [1.29, 1.82) is 0 Å². The van der Waals surface area contributed by atoms with Crippen LogP contribution < -0.4 is 10.3 Å². The number of hydrogen-bond donors (Lipinski definition) is 1. The van der Waals surface area contributed by atoms with E-state index < -0.39 is 0 Å². The Morgan fingerprint density at radius 3 is 2.46 bits per heavy atom. The molecule has 0 amide bonds. The van der Waals surface area contributed by atoms with Gasteiger partial charge >= 0.3 is 0 Å². The van der Waals surface area contributed by atoms with Gasteiger partial charge < -0.3 is 9.84 Å². The van der Waals surface area contributed by atoms with Gasteiger partial charge in [0.05, 0.1) is 23.7 Å². The summed E-state index contributed by atoms with van der Waals surface area (Å²) in [7, 11) is 1.54. The van der Waals surface area contributed by atoms with Crippen LogP contribution in [0.15, 0.2) is 77.6 Å². The number of benzene rings is 3. The van der Waals surface area contributed by atoms with Gasteiger partial charge in [0.1, 0.15) is 17.3 Å². The molecule has 0 aliphatic heterocycles. The molecule has 4 aromatic rings. The predicted molar refractivity (Wildman–Crippen MR) is 111 cm³/mol. The Hall–Kier alpha value is -3.86. The van der Waals surface area contributed by atoms with Crippen LogP contribution in [-0.4, -0.2) is 21.8 Å². The first-order valence-electron chi connectivity index (χ1n) is 8.79. The summed E-state index contributed by atoms with van der Waals surface area (Å²) in [6.07, 6.45) is 3.45. The van der Waals surface area contributed by atoms with Gasteiger partial charge in [0.15, 0.2) is 0 Å². The SMILES string of the molecule is COc1ccc(/C=C/c2nc3ccccc3c(=O)n2-c2ccccc2)c(O)c1. The smallest absolute Gasteiger partial charge is 0.266 e. The van der Waals surface area contributed by atoms with Gasteiger partial charge in [-0.25, -0.2) is 4.98 Å². The quantitative estimate of drug-likeness (QED) is 0.583. The Labute approximate surface area is 161 Å². The molecule has 3 aromatic carbocycles. The standard InChI is InChI=1S/C23H18N2O3/c1-28-18-13-11-16(21(26)15-18)12-14-22-24-20-10-6-5-9-19(20)23(27)25(22)17-7-3-2-4-8-17/h2-15,26H,1H3/b14-12+. The number of nitrogens with zero attached hydrogens (tertiary/aromatic N) is 2. The number of fused-ring (bicyclic) bond motifs is 1. The number of aromatic nitrogens is 2. The van der Waals surface area contributed by atoms with Gasteiger partial charge in [-0.05, 0) is 48.6 Å². The number of aromatic hydroxyl groups is 1. The average Bonchev–Trinajstić information content (AvgIpc) is 2.73. The monoisotopic (exact) mass is 370 g/mol. The molecule has 0 bridgehead atoms. The molecule has 0 saturated heterocycles. The summed E-state index contributed by atoms with van der Waals surface area (Å²) in [4.78, 5) is 17.8. The molecule has 28 heavy (non-hydrogen) atoms. The van der Waals surface area contributed by atoms with Crippen LogP contribution in [0.2, 0.25) is 0 Å². The fraction of sp³-hybridized carbons (Fsp3) is 0.0435. The molecule has 0 aliphatic carbocycles. The first-order valence-corrected chi connectivity index (χ1v) is 8.79. The van der Waals surface area contributed by atoms with Crippen molar-refractivity contribution in [3.8, 4) is 17.2 Å². The second-order valence-corrected chi connectivity index (χ2v) is 6.22. The van der Waals surface area contributed by atoms with Gasteiger partial charge in [0.25, 0.3) is 5.56 Å².